The second kappa shape index (κ2) is 58.7. The van der Waals surface area contributed by atoms with Crippen molar-refractivity contribution in [3.05, 3.63) is 60.8 Å². The third-order valence-electron chi connectivity index (χ3n) is 13.2. The molecule has 0 saturated carbocycles. The summed E-state index contributed by atoms with van der Waals surface area (Å²) in [4.78, 5) is 38.2. The lowest BCUT2D eigenvalue weighted by molar-refractivity contribution is -0.167. The van der Waals surface area contributed by atoms with Crippen LogP contribution in [0.5, 0.6) is 0 Å². The van der Waals surface area contributed by atoms with Gasteiger partial charge in [0.1, 0.15) is 13.2 Å². The quantitative estimate of drug-likeness (QED) is 0.0261. The lowest BCUT2D eigenvalue weighted by Gasteiger charge is -2.18. The maximum Gasteiger partial charge on any atom is 0.306 e. The number of carbonyl (C=O) groups is 3. The molecular formula is C64H114O6. The minimum Gasteiger partial charge on any atom is -0.462 e. The van der Waals surface area contributed by atoms with E-state index >= 15 is 0 Å². The van der Waals surface area contributed by atoms with Crippen LogP contribution in [0, 0.1) is 0 Å². The molecule has 0 heterocycles. The van der Waals surface area contributed by atoms with E-state index in [0.29, 0.717) is 19.3 Å². The van der Waals surface area contributed by atoms with E-state index in [-0.39, 0.29) is 31.1 Å². The molecule has 1 atom stereocenters. The van der Waals surface area contributed by atoms with Crippen LogP contribution in [-0.2, 0) is 28.6 Å². The van der Waals surface area contributed by atoms with Gasteiger partial charge in [-0.2, -0.15) is 0 Å². The third-order valence-corrected chi connectivity index (χ3v) is 13.2. The van der Waals surface area contributed by atoms with Crippen LogP contribution in [0.1, 0.15) is 310 Å². The van der Waals surface area contributed by atoms with E-state index in [1.807, 2.05) is 0 Å². The van der Waals surface area contributed by atoms with Crippen molar-refractivity contribution in [2.75, 3.05) is 13.2 Å². The van der Waals surface area contributed by atoms with Gasteiger partial charge in [0, 0.05) is 19.3 Å². The zero-order valence-electron chi connectivity index (χ0n) is 46.5. The first-order valence-electron chi connectivity index (χ1n) is 30.3. The SMILES string of the molecule is CCCCCC/C=C\C/C=C\CCCCCCCCCC(=O)OC(COC(=O)CCCCCCCC/C=C\C/C=C\C/C=C\CCCCCCC)COC(=O)CCCCCCCCCCCCCCC. The minimum absolute atomic E-state index is 0.0792. The fourth-order valence-corrected chi connectivity index (χ4v) is 8.66. The number of hydrogen-bond acceptors (Lipinski definition) is 6. The predicted molar refractivity (Wildman–Crippen MR) is 302 cm³/mol. The van der Waals surface area contributed by atoms with Crippen LogP contribution in [0.3, 0.4) is 0 Å². The summed E-state index contributed by atoms with van der Waals surface area (Å²) in [6, 6.07) is 0. The first-order chi connectivity index (χ1) is 34.5. The van der Waals surface area contributed by atoms with Crippen molar-refractivity contribution >= 4 is 17.9 Å². The van der Waals surface area contributed by atoms with Crippen molar-refractivity contribution < 1.29 is 28.6 Å². The summed E-state index contributed by atoms with van der Waals surface area (Å²) < 4.78 is 16.9. The summed E-state index contributed by atoms with van der Waals surface area (Å²) in [5.41, 5.74) is 0. The lowest BCUT2D eigenvalue weighted by atomic mass is 10.0. The van der Waals surface area contributed by atoms with Gasteiger partial charge in [-0.05, 0) is 89.9 Å². The molecule has 0 aromatic rings. The number of ether oxygens (including phenoxy) is 3. The number of carbonyl (C=O) groups excluding carboxylic acids is 3. The van der Waals surface area contributed by atoms with Crippen LogP contribution in [0.15, 0.2) is 60.8 Å². The van der Waals surface area contributed by atoms with Gasteiger partial charge in [-0.25, -0.2) is 0 Å². The highest BCUT2D eigenvalue weighted by molar-refractivity contribution is 5.71. The van der Waals surface area contributed by atoms with Crippen LogP contribution in [0.4, 0.5) is 0 Å². The Morgan fingerprint density at radius 2 is 0.514 bits per heavy atom. The Kier molecular flexibility index (Phi) is 56.3. The fourth-order valence-electron chi connectivity index (χ4n) is 8.66. The molecule has 0 aliphatic heterocycles. The number of esters is 3. The van der Waals surface area contributed by atoms with E-state index in [0.717, 1.165) is 89.9 Å². The summed E-state index contributed by atoms with van der Waals surface area (Å²) in [6.07, 6.45) is 73.5. The highest BCUT2D eigenvalue weighted by Crippen LogP contribution is 2.16. The Bertz CT molecular complexity index is 1260. The zero-order chi connectivity index (χ0) is 50.7. The molecule has 0 aromatic heterocycles. The molecule has 6 nitrogen and oxygen atoms in total. The minimum atomic E-state index is -0.783. The van der Waals surface area contributed by atoms with Crippen molar-refractivity contribution in [1.82, 2.24) is 0 Å². The molecule has 0 aliphatic carbocycles. The zero-order valence-corrected chi connectivity index (χ0v) is 46.5. The number of unbranched alkanes of at least 4 members (excludes halogenated alkanes) is 34. The summed E-state index contributed by atoms with van der Waals surface area (Å²) in [6.45, 7) is 6.63. The third kappa shape index (κ3) is 56.0. The van der Waals surface area contributed by atoms with Crippen molar-refractivity contribution in [1.29, 1.82) is 0 Å². The molecule has 70 heavy (non-hydrogen) atoms. The van der Waals surface area contributed by atoms with Crippen LogP contribution in [0.25, 0.3) is 0 Å². The molecule has 406 valence electrons. The van der Waals surface area contributed by atoms with Gasteiger partial charge in [-0.1, -0.05) is 261 Å². The molecule has 0 fully saturated rings. The molecule has 6 heteroatoms. The smallest absolute Gasteiger partial charge is 0.306 e. The molecule has 1 unspecified atom stereocenters. The molecule has 0 aliphatic rings. The number of allylic oxidation sites excluding steroid dienone is 10. The average molecular weight is 980 g/mol. The molecule has 0 bridgehead atoms. The van der Waals surface area contributed by atoms with Gasteiger partial charge >= 0.3 is 17.9 Å². The second-order valence-corrected chi connectivity index (χ2v) is 20.3. The van der Waals surface area contributed by atoms with Crippen LogP contribution < -0.4 is 0 Å². The normalized spacial score (nSPS) is 12.4. The van der Waals surface area contributed by atoms with E-state index < -0.39 is 6.10 Å². The molecular weight excluding hydrogens is 865 g/mol. The first-order valence-corrected chi connectivity index (χ1v) is 30.3. The largest absolute Gasteiger partial charge is 0.462 e. The fraction of sp³-hybridized carbons (Fsp3) is 0.797. The van der Waals surface area contributed by atoms with Gasteiger partial charge in [0.05, 0.1) is 0 Å². The monoisotopic (exact) mass is 979 g/mol. The van der Waals surface area contributed by atoms with E-state index in [9.17, 15) is 14.4 Å². The highest BCUT2D eigenvalue weighted by Gasteiger charge is 2.19. The Morgan fingerprint density at radius 1 is 0.286 bits per heavy atom. The summed E-state index contributed by atoms with van der Waals surface area (Å²) >= 11 is 0. The van der Waals surface area contributed by atoms with Crippen LogP contribution >= 0.6 is 0 Å². The standard InChI is InChI=1S/C64H114O6/c1-4-7-10-13-16-19-22-25-27-29-31-32-33-35-36-39-42-45-48-51-54-57-63(66)69-60-61(59-68-62(65)56-53-50-47-44-41-38-24-21-18-15-12-9-6-3)70-64(67)58-55-52-49-46-43-40-37-34-30-28-26-23-20-17-14-11-8-5-2/h20,22-23,25,28-31,33,35,61H,4-19,21,24,26-27,32,34,36-60H2,1-3H3/b23-20-,25-22-,30-28-,31-29-,35-33-. The summed E-state index contributed by atoms with van der Waals surface area (Å²) in [5.74, 6) is -0.886. The highest BCUT2D eigenvalue weighted by atomic mass is 16.6. The average Bonchev–Trinajstić information content (AvgIpc) is 3.36. The Labute approximate surface area is 434 Å². The second-order valence-electron chi connectivity index (χ2n) is 20.3. The van der Waals surface area contributed by atoms with E-state index in [1.54, 1.807) is 0 Å². The Morgan fingerprint density at radius 3 is 0.814 bits per heavy atom. The molecule has 0 radical (unpaired) electrons. The summed E-state index contributed by atoms with van der Waals surface area (Å²) in [5, 5.41) is 0. The van der Waals surface area contributed by atoms with E-state index in [2.05, 4.69) is 81.5 Å². The van der Waals surface area contributed by atoms with Gasteiger partial charge in [0.2, 0.25) is 0 Å². The van der Waals surface area contributed by atoms with Gasteiger partial charge in [0.15, 0.2) is 6.10 Å². The molecule has 0 N–H and O–H groups in total. The predicted octanol–water partition coefficient (Wildman–Crippen LogP) is 20.4. The van der Waals surface area contributed by atoms with E-state index in [4.69, 9.17) is 14.2 Å². The van der Waals surface area contributed by atoms with Crippen molar-refractivity contribution in [2.45, 2.75) is 316 Å². The van der Waals surface area contributed by atoms with Gasteiger partial charge in [-0.15, -0.1) is 0 Å². The van der Waals surface area contributed by atoms with Gasteiger partial charge in [-0.3, -0.25) is 14.4 Å². The molecule has 0 spiro atoms. The summed E-state index contributed by atoms with van der Waals surface area (Å²) in [7, 11) is 0. The molecule has 0 rings (SSSR count). The molecule has 0 saturated heterocycles. The number of hydrogen-bond donors (Lipinski definition) is 0. The van der Waals surface area contributed by atoms with Crippen molar-refractivity contribution in [2.24, 2.45) is 0 Å². The van der Waals surface area contributed by atoms with Crippen molar-refractivity contribution in [3.8, 4) is 0 Å². The Balaban J connectivity index is 4.38. The van der Waals surface area contributed by atoms with Crippen LogP contribution in [-0.4, -0.2) is 37.2 Å². The van der Waals surface area contributed by atoms with Gasteiger partial charge in [0.25, 0.3) is 0 Å². The van der Waals surface area contributed by atoms with Gasteiger partial charge < -0.3 is 14.2 Å². The van der Waals surface area contributed by atoms with Crippen LogP contribution in [0.2, 0.25) is 0 Å². The maximum atomic E-state index is 12.9. The molecule has 0 aromatic carbocycles. The topological polar surface area (TPSA) is 78.9 Å². The first kappa shape index (κ1) is 67.1. The maximum absolute atomic E-state index is 12.9. The lowest BCUT2D eigenvalue weighted by Crippen LogP contribution is -2.30. The Hall–Kier alpha value is -2.89. The molecule has 0 amide bonds. The van der Waals surface area contributed by atoms with Crippen molar-refractivity contribution in [3.63, 3.8) is 0 Å². The number of rotatable bonds is 55. The van der Waals surface area contributed by atoms with E-state index in [1.165, 1.54) is 180 Å².